The van der Waals surface area contributed by atoms with Crippen molar-refractivity contribution in [1.29, 1.82) is 0 Å². The zero-order valence-corrected chi connectivity index (χ0v) is 9.93. The minimum Gasteiger partial charge on any atom is -0.399 e. The van der Waals surface area contributed by atoms with E-state index in [0.29, 0.717) is 5.75 Å². The number of amides is 1. The van der Waals surface area contributed by atoms with Gasteiger partial charge in [0, 0.05) is 10.6 Å². The van der Waals surface area contributed by atoms with Crippen LogP contribution in [0, 0.1) is 19.3 Å². The van der Waals surface area contributed by atoms with Crippen molar-refractivity contribution in [2.45, 2.75) is 11.8 Å². The number of anilines is 1. The van der Waals surface area contributed by atoms with Crippen molar-refractivity contribution in [2.75, 3.05) is 18.0 Å². The van der Waals surface area contributed by atoms with Crippen molar-refractivity contribution >= 4 is 23.4 Å². The second-order valence-corrected chi connectivity index (χ2v) is 4.31. The normalized spacial score (nSPS) is 9.50. The molecule has 3 nitrogen and oxygen atoms in total. The number of benzene rings is 1. The molecule has 1 aromatic rings. The van der Waals surface area contributed by atoms with Crippen LogP contribution in [0.5, 0.6) is 0 Å². The largest absolute Gasteiger partial charge is 0.399 e. The first-order valence-electron chi connectivity index (χ1n) is 4.82. The average Bonchev–Trinajstić information content (AvgIpc) is 2.25. The molecule has 0 aromatic heterocycles. The van der Waals surface area contributed by atoms with Crippen LogP contribution in [0.4, 0.5) is 5.69 Å². The molecular formula is C12H14N2OS. The van der Waals surface area contributed by atoms with E-state index in [0.717, 1.165) is 16.1 Å². The van der Waals surface area contributed by atoms with Crippen LogP contribution in [0.25, 0.3) is 0 Å². The second kappa shape index (κ2) is 6.09. The number of carbonyl (C=O) groups excluding carboxylic acids is 1. The van der Waals surface area contributed by atoms with Gasteiger partial charge in [0.05, 0.1) is 12.3 Å². The summed E-state index contributed by atoms with van der Waals surface area (Å²) in [6, 6.07) is 5.64. The third-order valence-corrected chi connectivity index (χ3v) is 3.12. The lowest BCUT2D eigenvalue weighted by molar-refractivity contribution is -0.118. The maximum Gasteiger partial charge on any atom is 0.231 e. The summed E-state index contributed by atoms with van der Waals surface area (Å²) < 4.78 is 0. The minimum atomic E-state index is -0.0563. The number of terminal acetylenes is 1. The monoisotopic (exact) mass is 234 g/mol. The number of nitrogens with one attached hydrogen (secondary N) is 1. The molecule has 0 heterocycles. The van der Waals surface area contributed by atoms with Crippen molar-refractivity contribution in [3.8, 4) is 12.3 Å². The standard InChI is InChI=1S/C12H14N2OS/c1-3-6-14-12(15)8-16-11-5-4-10(13)7-9(11)2/h1,4-5,7H,6,8,13H2,2H3,(H,14,15). The second-order valence-electron chi connectivity index (χ2n) is 3.29. The zero-order valence-electron chi connectivity index (χ0n) is 9.12. The lowest BCUT2D eigenvalue weighted by atomic mass is 10.2. The Hall–Kier alpha value is -1.60. The van der Waals surface area contributed by atoms with Gasteiger partial charge in [0.15, 0.2) is 0 Å². The van der Waals surface area contributed by atoms with Crippen molar-refractivity contribution in [2.24, 2.45) is 0 Å². The van der Waals surface area contributed by atoms with E-state index in [1.54, 1.807) is 0 Å². The van der Waals surface area contributed by atoms with E-state index in [1.165, 1.54) is 11.8 Å². The number of hydrogen-bond acceptors (Lipinski definition) is 3. The molecule has 0 atom stereocenters. The number of hydrogen-bond donors (Lipinski definition) is 2. The van der Waals surface area contributed by atoms with Gasteiger partial charge in [-0.15, -0.1) is 18.2 Å². The summed E-state index contributed by atoms with van der Waals surface area (Å²) in [5.74, 6) is 2.67. The van der Waals surface area contributed by atoms with Crippen molar-refractivity contribution in [3.05, 3.63) is 23.8 Å². The van der Waals surface area contributed by atoms with Crippen LogP contribution in [0.1, 0.15) is 5.56 Å². The predicted octanol–water partition coefficient (Wildman–Crippen LogP) is 1.42. The quantitative estimate of drug-likeness (QED) is 0.470. The maximum atomic E-state index is 11.3. The third kappa shape index (κ3) is 3.87. The number of nitrogens with two attached hydrogens (primary N) is 1. The number of aryl methyl sites for hydroxylation is 1. The molecule has 1 aromatic carbocycles. The highest BCUT2D eigenvalue weighted by Crippen LogP contribution is 2.23. The summed E-state index contributed by atoms with van der Waals surface area (Å²) in [4.78, 5) is 12.4. The highest BCUT2D eigenvalue weighted by molar-refractivity contribution is 8.00. The summed E-state index contributed by atoms with van der Waals surface area (Å²) in [5.41, 5.74) is 7.45. The lowest BCUT2D eigenvalue weighted by Crippen LogP contribution is -2.25. The Labute approximate surface area is 99.8 Å². The Morgan fingerprint density at radius 2 is 2.38 bits per heavy atom. The van der Waals surface area contributed by atoms with Crippen LogP contribution in [-0.2, 0) is 4.79 Å². The molecule has 0 saturated carbocycles. The van der Waals surface area contributed by atoms with E-state index in [4.69, 9.17) is 12.2 Å². The van der Waals surface area contributed by atoms with Gasteiger partial charge in [-0.05, 0) is 30.7 Å². The van der Waals surface area contributed by atoms with Gasteiger partial charge in [-0.25, -0.2) is 0 Å². The number of carbonyl (C=O) groups is 1. The summed E-state index contributed by atoms with van der Waals surface area (Å²) >= 11 is 1.48. The Morgan fingerprint density at radius 1 is 1.62 bits per heavy atom. The molecule has 0 saturated heterocycles. The number of nitrogen functional groups attached to an aromatic ring is 1. The predicted molar refractivity (Wildman–Crippen MR) is 68.2 cm³/mol. The van der Waals surface area contributed by atoms with Crippen LogP contribution >= 0.6 is 11.8 Å². The van der Waals surface area contributed by atoms with Crippen LogP contribution in [0.2, 0.25) is 0 Å². The van der Waals surface area contributed by atoms with Gasteiger partial charge < -0.3 is 11.1 Å². The van der Waals surface area contributed by atoms with Gasteiger partial charge in [0.1, 0.15) is 0 Å². The number of thioether (sulfide) groups is 1. The first kappa shape index (κ1) is 12.5. The van der Waals surface area contributed by atoms with E-state index in [-0.39, 0.29) is 12.5 Å². The first-order chi connectivity index (χ1) is 7.63. The SMILES string of the molecule is C#CCNC(=O)CSc1ccc(N)cc1C. The molecule has 0 aliphatic rings. The fourth-order valence-corrected chi connectivity index (χ4v) is 2.02. The Morgan fingerprint density at radius 3 is 3.00 bits per heavy atom. The van der Waals surface area contributed by atoms with E-state index in [9.17, 15) is 4.79 Å². The Bertz CT molecular complexity index is 424. The molecule has 0 fully saturated rings. The van der Waals surface area contributed by atoms with Crippen molar-refractivity contribution < 1.29 is 4.79 Å². The van der Waals surface area contributed by atoms with Crippen LogP contribution in [-0.4, -0.2) is 18.2 Å². The third-order valence-electron chi connectivity index (χ3n) is 1.95. The zero-order chi connectivity index (χ0) is 12.0. The molecular weight excluding hydrogens is 220 g/mol. The summed E-state index contributed by atoms with van der Waals surface area (Å²) in [6.07, 6.45) is 5.04. The molecule has 84 valence electrons. The Balaban J connectivity index is 2.49. The summed E-state index contributed by atoms with van der Waals surface area (Å²) in [5, 5.41) is 2.61. The molecule has 0 radical (unpaired) electrons. The van der Waals surface area contributed by atoms with E-state index in [2.05, 4.69) is 11.2 Å². The average molecular weight is 234 g/mol. The van der Waals surface area contributed by atoms with Crippen LogP contribution < -0.4 is 11.1 Å². The van der Waals surface area contributed by atoms with Gasteiger partial charge >= 0.3 is 0 Å². The highest BCUT2D eigenvalue weighted by Gasteiger charge is 2.04. The minimum absolute atomic E-state index is 0.0563. The van der Waals surface area contributed by atoms with Crippen LogP contribution in [0.3, 0.4) is 0 Å². The molecule has 3 N–H and O–H groups in total. The van der Waals surface area contributed by atoms with E-state index in [1.807, 2.05) is 25.1 Å². The van der Waals surface area contributed by atoms with Crippen LogP contribution in [0.15, 0.2) is 23.1 Å². The maximum absolute atomic E-state index is 11.3. The first-order valence-corrected chi connectivity index (χ1v) is 5.81. The molecule has 0 unspecified atom stereocenters. The molecule has 1 rings (SSSR count). The Kier molecular flexibility index (Phi) is 4.74. The molecule has 0 aliphatic carbocycles. The highest BCUT2D eigenvalue weighted by atomic mass is 32.2. The summed E-state index contributed by atoms with van der Waals surface area (Å²) in [7, 11) is 0. The fraction of sp³-hybridized carbons (Fsp3) is 0.250. The fourth-order valence-electron chi connectivity index (χ4n) is 1.18. The van der Waals surface area contributed by atoms with Crippen molar-refractivity contribution in [3.63, 3.8) is 0 Å². The van der Waals surface area contributed by atoms with Gasteiger partial charge in [0.25, 0.3) is 0 Å². The molecule has 4 heteroatoms. The molecule has 0 spiro atoms. The van der Waals surface area contributed by atoms with E-state index < -0.39 is 0 Å². The topological polar surface area (TPSA) is 55.1 Å². The molecule has 16 heavy (non-hydrogen) atoms. The smallest absolute Gasteiger partial charge is 0.231 e. The van der Waals surface area contributed by atoms with Crippen molar-refractivity contribution in [1.82, 2.24) is 5.32 Å². The van der Waals surface area contributed by atoms with Gasteiger partial charge in [0.2, 0.25) is 5.91 Å². The molecule has 0 aliphatic heterocycles. The van der Waals surface area contributed by atoms with Gasteiger partial charge in [-0.2, -0.15) is 0 Å². The van der Waals surface area contributed by atoms with Gasteiger partial charge in [-0.1, -0.05) is 5.92 Å². The molecule has 0 bridgehead atoms. The van der Waals surface area contributed by atoms with E-state index >= 15 is 0 Å². The molecule has 1 amide bonds. The number of rotatable bonds is 4. The van der Waals surface area contributed by atoms with Gasteiger partial charge in [-0.3, -0.25) is 4.79 Å². The summed E-state index contributed by atoms with van der Waals surface area (Å²) in [6.45, 7) is 2.25. The lowest BCUT2D eigenvalue weighted by Gasteiger charge is -2.06.